The topological polar surface area (TPSA) is 60.9 Å². The number of hydrogen-bond acceptors (Lipinski definition) is 3. The number of carbonyl (C=O) groups is 1. The first-order chi connectivity index (χ1) is 8.58. The summed E-state index contributed by atoms with van der Waals surface area (Å²) in [6.07, 6.45) is 0.313. The molecule has 1 aromatic heterocycles. The zero-order valence-electron chi connectivity index (χ0n) is 10.6. The summed E-state index contributed by atoms with van der Waals surface area (Å²) in [5.41, 5.74) is 8.62. The fourth-order valence-electron chi connectivity index (χ4n) is 1.96. The van der Waals surface area contributed by atoms with Crippen LogP contribution < -0.4 is 5.73 Å². The average Bonchev–Trinajstić information content (AvgIpc) is 2.68. The van der Waals surface area contributed by atoms with Crippen LogP contribution in [0.15, 0.2) is 36.4 Å². The Morgan fingerprint density at radius 2 is 2.06 bits per heavy atom. The van der Waals surface area contributed by atoms with E-state index in [9.17, 15) is 4.79 Å². The van der Waals surface area contributed by atoms with E-state index < -0.39 is 6.04 Å². The monoisotopic (exact) mass is 243 g/mol. The summed E-state index contributed by atoms with van der Waals surface area (Å²) in [7, 11) is 1.84. The number of nitrogens with two attached hydrogens (primary N) is 1. The van der Waals surface area contributed by atoms with Crippen molar-refractivity contribution in [3.8, 4) is 0 Å². The van der Waals surface area contributed by atoms with Crippen LogP contribution in [0.4, 0.5) is 0 Å². The van der Waals surface area contributed by atoms with Crippen LogP contribution in [0, 0.1) is 6.92 Å². The van der Waals surface area contributed by atoms with Gasteiger partial charge in [-0.15, -0.1) is 0 Å². The van der Waals surface area contributed by atoms with Crippen LogP contribution >= 0.6 is 0 Å². The van der Waals surface area contributed by atoms with Gasteiger partial charge in [-0.1, -0.05) is 30.3 Å². The van der Waals surface area contributed by atoms with Gasteiger partial charge >= 0.3 is 0 Å². The first-order valence-corrected chi connectivity index (χ1v) is 5.90. The summed E-state index contributed by atoms with van der Waals surface area (Å²) >= 11 is 0. The molecule has 0 spiro atoms. The molecule has 18 heavy (non-hydrogen) atoms. The van der Waals surface area contributed by atoms with Crippen molar-refractivity contribution < 1.29 is 4.79 Å². The summed E-state index contributed by atoms with van der Waals surface area (Å²) < 4.78 is 1.73. The van der Waals surface area contributed by atoms with Crippen molar-refractivity contribution >= 4 is 5.78 Å². The number of aryl methyl sites for hydroxylation is 2. The number of hydrogen-bond donors (Lipinski definition) is 1. The Bertz CT molecular complexity index is 545. The van der Waals surface area contributed by atoms with Crippen molar-refractivity contribution in [1.29, 1.82) is 0 Å². The smallest absolute Gasteiger partial charge is 0.159 e. The van der Waals surface area contributed by atoms with Crippen LogP contribution in [0.1, 0.15) is 23.0 Å². The van der Waals surface area contributed by atoms with Crippen LogP contribution in [0.25, 0.3) is 0 Å². The van der Waals surface area contributed by atoms with Crippen molar-refractivity contribution in [3.63, 3.8) is 0 Å². The van der Waals surface area contributed by atoms with Crippen LogP contribution in [-0.2, 0) is 18.3 Å². The standard InChI is InChI=1S/C14H17N3O/c1-10-8-12(17(2)16-10)9-13(18)14(15)11-6-4-3-5-7-11/h3-8,14H,9,15H2,1-2H3. The molecule has 94 valence electrons. The van der Waals surface area contributed by atoms with Gasteiger partial charge in [0, 0.05) is 12.7 Å². The maximum absolute atomic E-state index is 12.1. The quantitative estimate of drug-likeness (QED) is 0.886. The van der Waals surface area contributed by atoms with Crippen molar-refractivity contribution in [2.75, 3.05) is 0 Å². The molecular weight excluding hydrogens is 226 g/mol. The van der Waals surface area contributed by atoms with Crippen molar-refractivity contribution in [2.45, 2.75) is 19.4 Å². The lowest BCUT2D eigenvalue weighted by molar-refractivity contribution is -0.119. The molecule has 2 N–H and O–H groups in total. The molecule has 2 aromatic rings. The maximum Gasteiger partial charge on any atom is 0.159 e. The number of carbonyl (C=O) groups excluding carboxylic acids is 1. The first-order valence-electron chi connectivity index (χ1n) is 5.90. The number of Topliss-reactive ketones (excluding diaryl/α,β-unsaturated/α-hetero) is 1. The Morgan fingerprint density at radius 1 is 1.39 bits per heavy atom. The van der Waals surface area contributed by atoms with Gasteiger partial charge in [-0.05, 0) is 18.6 Å². The van der Waals surface area contributed by atoms with Gasteiger partial charge < -0.3 is 5.73 Å². The van der Waals surface area contributed by atoms with E-state index in [-0.39, 0.29) is 5.78 Å². The Hall–Kier alpha value is -1.94. The average molecular weight is 243 g/mol. The number of aromatic nitrogens is 2. The molecule has 0 saturated carbocycles. The summed E-state index contributed by atoms with van der Waals surface area (Å²) in [5.74, 6) is 0.00389. The second kappa shape index (κ2) is 5.14. The van der Waals surface area contributed by atoms with Gasteiger partial charge in [0.25, 0.3) is 0 Å². The fraction of sp³-hybridized carbons (Fsp3) is 0.286. The summed E-state index contributed by atoms with van der Waals surface area (Å²) in [5, 5.41) is 4.22. The largest absolute Gasteiger partial charge is 0.318 e. The molecule has 1 aromatic carbocycles. The molecule has 0 fully saturated rings. The van der Waals surface area contributed by atoms with Gasteiger partial charge in [0.15, 0.2) is 5.78 Å². The third-order valence-electron chi connectivity index (χ3n) is 2.96. The molecule has 1 atom stereocenters. The van der Waals surface area contributed by atoms with Crippen molar-refractivity contribution in [2.24, 2.45) is 12.8 Å². The van der Waals surface area contributed by atoms with E-state index in [1.807, 2.05) is 50.4 Å². The van der Waals surface area contributed by atoms with Gasteiger partial charge in [0.2, 0.25) is 0 Å². The van der Waals surface area contributed by atoms with E-state index in [1.54, 1.807) is 4.68 Å². The van der Waals surface area contributed by atoms with E-state index in [0.717, 1.165) is 17.0 Å². The molecule has 1 unspecified atom stereocenters. The first kappa shape index (κ1) is 12.5. The van der Waals surface area contributed by atoms with E-state index in [2.05, 4.69) is 5.10 Å². The van der Waals surface area contributed by atoms with Crippen molar-refractivity contribution in [3.05, 3.63) is 53.3 Å². The van der Waals surface area contributed by atoms with E-state index >= 15 is 0 Å². The summed E-state index contributed by atoms with van der Waals surface area (Å²) in [6, 6.07) is 10.8. The summed E-state index contributed by atoms with van der Waals surface area (Å²) in [4.78, 5) is 12.1. The minimum atomic E-state index is -0.568. The Labute approximate surface area is 106 Å². The lowest BCUT2D eigenvalue weighted by Gasteiger charge is -2.10. The highest BCUT2D eigenvalue weighted by molar-refractivity contribution is 5.86. The molecule has 2 rings (SSSR count). The molecule has 0 aliphatic heterocycles. The van der Waals surface area contributed by atoms with Crippen LogP contribution in [-0.4, -0.2) is 15.6 Å². The molecule has 0 radical (unpaired) electrons. The van der Waals surface area contributed by atoms with Gasteiger partial charge in [-0.2, -0.15) is 5.10 Å². The van der Waals surface area contributed by atoms with Crippen molar-refractivity contribution in [1.82, 2.24) is 9.78 Å². The summed E-state index contributed by atoms with van der Waals surface area (Å²) in [6.45, 7) is 1.91. The Balaban J connectivity index is 2.11. The Morgan fingerprint density at radius 3 is 2.61 bits per heavy atom. The molecule has 0 bridgehead atoms. The highest BCUT2D eigenvalue weighted by atomic mass is 16.1. The molecule has 0 saturated heterocycles. The van der Waals surface area contributed by atoms with Gasteiger partial charge in [0.05, 0.1) is 18.2 Å². The number of benzene rings is 1. The van der Waals surface area contributed by atoms with Crippen LogP contribution in [0.5, 0.6) is 0 Å². The van der Waals surface area contributed by atoms with E-state index in [4.69, 9.17) is 5.73 Å². The molecular formula is C14H17N3O. The highest BCUT2D eigenvalue weighted by Crippen LogP contribution is 2.13. The molecule has 0 aliphatic rings. The predicted molar refractivity (Wildman–Crippen MR) is 70.0 cm³/mol. The lowest BCUT2D eigenvalue weighted by Crippen LogP contribution is -2.23. The molecule has 0 aliphatic carbocycles. The minimum Gasteiger partial charge on any atom is -0.318 e. The molecule has 4 heteroatoms. The van der Waals surface area contributed by atoms with Crippen LogP contribution in [0.3, 0.4) is 0 Å². The zero-order valence-corrected chi connectivity index (χ0v) is 10.6. The minimum absolute atomic E-state index is 0.00389. The molecule has 1 heterocycles. The fourth-order valence-corrected chi connectivity index (χ4v) is 1.96. The van der Waals surface area contributed by atoms with Gasteiger partial charge in [-0.3, -0.25) is 9.48 Å². The van der Waals surface area contributed by atoms with E-state index in [1.165, 1.54) is 0 Å². The van der Waals surface area contributed by atoms with Gasteiger partial charge in [-0.25, -0.2) is 0 Å². The normalized spacial score (nSPS) is 12.4. The van der Waals surface area contributed by atoms with Gasteiger partial charge in [0.1, 0.15) is 0 Å². The number of ketones is 1. The SMILES string of the molecule is Cc1cc(CC(=O)C(N)c2ccccc2)n(C)n1. The maximum atomic E-state index is 12.1. The molecule has 4 nitrogen and oxygen atoms in total. The van der Waals surface area contributed by atoms with Crippen LogP contribution in [0.2, 0.25) is 0 Å². The van der Waals surface area contributed by atoms with E-state index in [0.29, 0.717) is 6.42 Å². The third-order valence-corrected chi connectivity index (χ3v) is 2.96. The number of rotatable bonds is 4. The lowest BCUT2D eigenvalue weighted by atomic mass is 10.0. The third kappa shape index (κ3) is 2.65. The second-order valence-corrected chi connectivity index (χ2v) is 4.43. The second-order valence-electron chi connectivity index (χ2n) is 4.43. The number of nitrogens with zero attached hydrogens (tertiary/aromatic N) is 2. The predicted octanol–water partition coefficient (Wildman–Crippen LogP) is 1.54. The molecule has 0 amide bonds. The Kier molecular flexibility index (Phi) is 3.58. The zero-order chi connectivity index (χ0) is 13.1. The highest BCUT2D eigenvalue weighted by Gasteiger charge is 2.17.